The van der Waals surface area contributed by atoms with E-state index in [1.165, 1.54) is 0 Å². The Kier molecular flexibility index (Phi) is 4.39. The van der Waals surface area contributed by atoms with Crippen molar-refractivity contribution in [3.8, 4) is 5.88 Å². The minimum atomic E-state index is 0.0802. The van der Waals surface area contributed by atoms with E-state index in [1.807, 2.05) is 43.3 Å². The first kappa shape index (κ1) is 15.2. The third kappa shape index (κ3) is 2.83. The highest BCUT2D eigenvalue weighted by Gasteiger charge is 2.14. The number of hydrogen-bond acceptors (Lipinski definition) is 4. The van der Waals surface area contributed by atoms with Gasteiger partial charge in [-0.05, 0) is 37.1 Å². The number of aromatic nitrogens is 2. The molecule has 0 spiro atoms. The monoisotopic (exact) mass is 309 g/mol. The van der Waals surface area contributed by atoms with Gasteiger partial charge in [-0.3, -0.25) is 9.56 Å². The van der Waals surface area contributed by atoms with Gasteiger partial charge in [0.15, 0.2) is 0 Å². The Hall–Kier alpha value is -2.66. The Morgan fingerprint density at radius 2 is 2.04 bits per heavy atom. The second-order valence-electron chi connectivity index (χ2n) is 5.22. The van der Waals surface area contributed by atoms with Gasteiger partial charge in [-0.25, -0.2) is 4.98 Å². The van der Waals surface area contributed by atoms with Crippen LogP contribution in [0.1, 0.15) is 18.1 Å². The number of pyridine rings is 1. The van der Waals surface area contributed by atoms with Gasteiger partial charge < -0.3 is 10.2 Å². The molecular weight excluding hydrogens is 290 g/mol. The Bertz CT molecular complexity index is 853. The van der Waals surface area contributed by atoms with E-state index in [4.69, 9.17) is 5.11 Å². The SMILES string of the molecule is CCn1c(O)c(C=Nc2ccccc2CCO)c2cccnc21. The summed E-state index contributed by atoms with van der Waals surface area (Å²) in [6.07, 6.45) is 3.94. The van der Waals surface area contributed by atoms with Crippen molar-refractivity contribution in [2.45, 2.75) is 19.9 Å². The van der Waals surface area contributed by atoms with Gasteiger partial charge in [0, 0.05) is 30.9 Å². The van der Waals surface area contributed by atoms with Gasteiger partial charge in [-0.1, -0.05) is 18.2 Å². The largest absolute Gasteiger partial charge is 0.494 e. The first-order valence-electron chi connectivity index (χ1n) is 7.65. The van der Waals surface area contributed by atoms with Crippen molar-refractivity contribution in [2.75, 3.05) is 6.61 Å². The van der Waals surface area contributed by atoms with E-state index in [0.717, 1.165) is 22.3 Å². The Labute approximate surface area is 134 Å². The standard InChI is InChI=1S/C18H19N3O2/c1-2-21-17-14(7-5-10-19-17)15(18(21)23)12-20-16-8-4-3-6-13(16)9-11-22/h3-8,10,12,22-23H,2,9,11H2,1H3. The number of hydrogen-bond donors (Lipinski definition) is 2. The number of aromatic hydroxyl groups is 1. The molecule has 0 fully saturated rings. The van der Waals surface area contributed by atoms with Crippen LogP contribution in [0.25, 0.3) is 11.0 Å². The minimum absolute atomic E-state index is 0.0802. The Balaban J connectivity index is 2.07. The fourth-order valence-electron chi connectivity index (χ4n) is 2.72. The van der Waals surface area contributed by atoms with Crippen molar-refractivity contribution >= 4 is 22.9 Å². The highest BCUT2D eigenvalue weighted by atomic mass is 16.3. The number of benzene rings is 1. The van der Waals surface area contributed by atoms with Gasteiger partial charge >= 0.3 is 0 Å². The summed E-state index contributed by atoms with van der Waals surface area (Å²) in [5, 5.41) is 20.5. The summed E-state index contributed by atoms with van der Waals surface area (Å²) in [6.45, 7) is 2.68. The summed E-state index contributed by atoms with van der Waals surface area (Å²) in [5.74, 6) is 0.171. The predicted octanol–water partition coefficient (Wildman–Crippen LogP) is 3.05. The molecule has 0 aliphatic heterocycles. The highest BCUT2D eigenvalue weighted by molar-refractivity contribution is 6.01. The molecule has 0 saturated heterocycles. The van der Waals surface area contributed by atoms with Crippen LogP contribution in [0, 0.1) is 0 Å². The van der Waals surface area contributed by atoms with Gasteiger partial charge in [0.1, 0.15) is 5.65 Å². The molecule has 0 aliphatic rings. The van der Waals surface area contributed by atoms with Crippen LogP contribution >= 0.6 is 0 Å². The average molecular weight is 309 g/mol. The summed E-state index contributed by atoms with van der Waals surface area (Å²) in [4.78, 5) is 8.86. The van der Waals surface area contributed by atoms with Gasteiger partial charge in [0.2, 0.25) is 5.88 Å². The lowest BCUT2D eigenvalue weighted by Gasteiger charge is -2.03. The van der Waals surface area contributed by atoms with E-state index in [9.17, 15) is 5.11 Å². The van der Waals surface area contributed by atoms with E-state index in [2.05, 4.69) is 9.98 Å². The van der Waals surface area contributed by atoms with Crippen molar-refractivity contribution in [3.05, 3.63) is 53.7 Å². The zero-order valence-corrected chi connectivity index (χ0v) is 13.0. The van der Waals surface area contributed by atoms with E-state index < -0.39 is 0 Å². The van der Waals surface area contributed by atoms with Crippen molar-refractivity contribution in [2.24, 2.45) is 4.99 Å². The average Bonchev–Trinajstić information content (AvgIpc) is 2.85. The number of aryl methyl sites for hydroxylation is 1. The lowest BCUT2D eigenvalue weighted by Crippen LogP contribution is -1.94. The van der Waals surface area contributed by atoms with Crippen LogP contribution in [0.2, 0.25) is 0 Å². The van der Waals surface area contributed by atoms with Crippen LogP contribution in [-0.4, -0.2) is 32.6 Å². The molecule has 0 atom stereocenters. The van der Waals surface area contributed by atoms with E-state index >= 15 is 0 Å². The molecule has 0 radical (unpaired) electrons. The second kappa shape index (κ2) is 6.62. The van der Waals surface area contributed by atoms with Crippen LogP contribution in [0.4, 0.5) is 5.69 Å². The van der Waals surface area contributed by atoms with Crippen molar-refractivity contribution in [1.82, 2.24) is 9.55 Å². The molecule has 0 saturated carbocycles. The molecule has 0 bridgehead atoms. The first-order chi connectivity index (χ1) is 11.3. The number of para-hydroxylation sites is 1. The molecule has 5 heteroatoms. The molecule has 23 heavy (non-hydrogen) atoms. The predicted molar refractivity (Wildman–Crippen MR) is 91.6 cm³/mol. The molecule has 3 aromatic rings. The number of nitrogens with zero attached hydrogens (tertiary/aromatic N) is 3. The van der Waals surface area contributed by atoms with E-state index in [-0.39, 0.29) is 12.5 Å². The number of fused-ring (bicyclic) bond motifs is 1. The molecule has 0 aliphatic carbocycles. The fraction of sp³-hybridized carbons (Fsp3) is 0.222. The molecule has 5 nitrogen and oxygen atoms in total. The highest BCUT2D eigenvalue weighted by Crippen LogP contribution is 2.29. The van der Waals surface area contributed by atoms with Crippen LogP contribution in [-0.2, 0) is 13.0 Å². The molecule has 0 unspecified atom stereocenters. The quantitative estimate of drug-likeness (QED) is 0.712. The summed E-state index contributed by atoms with van der Waals surface area (Å²) >= 11 is 0. The fourth-order valence-corrected chi connectivity index (χ4v) is 2.72. The molecule has 0 amide bonds. The second-order valence-corrected chi connectivity index (χ2v) is 5.22. The van der Waals surface area contributed by atoms with Crippen LogP contribution in [0.5, 0.6) is 5.88 Å². The maximum Gasteiger partial charge on any atom is 0.202 e. The van der Waals surface area contributed by atoms with E-state index in [0.29, 0.717) is 18.5 Å². The summed E-state index contributed by atoms with van der Waals surface area (Å²) in [7, 11) is 0. The summed E-state index contributed by atoms with van der Waals surface area (Å²) in [5.41, 5.74) is 3.18. The van der Waals surface area contributed by atoms with E-state index in [1.54, 1.807) is 17.0 Å². The zero-order chi connectivity index (χ0) is 16.2. The number of aliphatic hydroxyl groups is 1. The van der Waals surface area contributed by atoms with Crippen LogP contribution < -0.4 is 0 Å². The zero-order valence-electron chi connectivity index (χ0n) is 13.0. The van der Waals surface area contributed by atoms with Gasteiger partial charge in [0.05, 0.1) is 11.3 Å². The number of rotatable bonds is 5. The molecule has 118 valence electrons. The lowest BCUT2D eigenvalue weighted by molar-refractivity contribution is 0.300. The maximum atomic E-state index is 10.5. The number of aliphatic imine (C=N–C) groups is 1. The third-order valence-corrected chi connectivity index (χ3v) is 3.85. The van der Waals surface area contributed by atoms with Crippen molar-refractivity contribution < 1.29 is 10.2 Å². The van der Waals surface area contributed by atoms with Gasteiger partial charge in [-0.2, -0.15) is 0 Å². The topological polar surface area (TPSA) is 70.6 Å². The number of aliphatic hydroxyl groups excluding tert-OH is 1. The van der Waals surface area contributed by atoms with Crippen LogP contribution in [0.15, 0.2) is 47.6 Å². The van der Waals surface area contributed by atoms with Gasteiger partial charge in [0.25, 0.3) is 0 Å². The van der Waals surface area contributed by atoms with Gasteiger partial charge in [-0.15, -0.1) is 0 Å². The Morgan fingerprint density at radius 1 is 1.22 bits per heavy atom. The Morgan fingerprint density at radius 3 is 2.83 bits per heavy atom. The minimum Gasteiger partial charge on any atom is -0.494 e. The summed E-state index contributed by atoms with van der Waals surface area (Å²) < 4.78 is 1.76. The third-order valence-electron chi connectivity index (χ3n) is 3.85. The molecule has 2 heterocycles. The molecule has 1 aromatic carbocycles. The molecule has 2 N–H and O–H groups in total. The maximum absolute atomic E-state index is 10.5. The molecular formula is C18H19N3O2. The summed E-state index contributed by atoms with van der Waals surface area (Å²) in [6, 6.07) is 11.4. The molecule has 2 aromatic heterocycles. The lowest BCUT2D eigenvalue weighted by atomic mass is 10.1. The van der Waals surface area contributed by atoms with Crippen molar-refractivity contribution in [3.63, 3.8) is 0 Å². The normalized spacial score (nSPS) is 11.6. The van der Waals surface area contributed by atoms with Crippen LogP contribution in [0.3, 0.4) is 0 Å². The smallest absolute Gasteiger partial charge is 0.202 e. The first-order valence-corrected chi connectivity index (χ1v) is 7.65. The van der Waals surface area contributed by atoms with Crippen molar-refractivity contribution in [1.29, 1.82) is 0 Å². The molecule has 3 rings (SSSR count).